The zero-order chi connectivity index (χ0) is 15.5. The fourth-order valence-electron chi connectivity index (χ4n) is 2.33. The standard InChI is InChI=1S/C15H23N3O3/c1-15(2,3)21-14(19)18-11-5-4-6-12(11)20-10-7-8-13(16)17-9-10/h7-9,11-12H,4-6H2,1-3H3,(H2,16,17)(H,18,19)/t11-,12-/m1/s1. The topological polar surface area (TPSA) is 86.5 Å². The molecule has 1 aliphatic carbocycles. The van der Waals surface area contributed by atoms with Crippen LogP contribution in [0.15, 0.2) is 18.3 Å². The van der Waals surface area contributed by atoms with Crippen LogP contribution in [-0.4, -0.2) is 28.8 Å². The Hall–Kier alpha value is -1.98. The first-order chi connectivity index (χ1) is 9.83. The van der Waals surface area contributed by atoms with Crippen LogP contribution < -0.4 is 15.8 Å². The van der Waals surface area contributed by atoms with Crippen LogP contribution in [0.4, 0.5) is 10.6 Å². The molecule has 21 heavy (non-hydrogen) atoms. The van der Waals surface area contributed by atoms with Crippen LogP contribution in [0.2, 0.25) is 0 Å². The zero-order valence-corrected chi connectivity index (χ0v) is 12.8. The molecule has 6 heteroatoms. The summed E-state index contributed by atoms with van der Waals surface area (Å²) in [5, 5.41) is 2.89. The number of carbonyl (C=O) groups excluding carboxylic acids is 1. The lowest BCUT2D eigenvalue weighted by Gasteiger charge is -2.25. The summed E-state index contributed by atoms with van der Waals surface area (Å²) in [6, 6.07) is 3.43. The molecule has 0 spiro atoms. The lowest BCUT2D eigenvalue weighted by atomic mass is 10.2. The van der Waals surface area contributed by atoms with Gasteiger partial charge in [-0.2, -0.15) is 0 Å². The number of nitrogen functional groups attached to an aromatic ring is 1. The summed E-state index contributed by atoms with van der Waals surface area (Å²) >= 11 is 0. The largest absolute Gasteiger partial charge is 0.487 e. The van der Waals surface area contributed by atoms with E-state index in [-0.39, 0.29) is 12.1 Å². The molecule has 0 bridgehead atoms. The highest BCUT2D eigenvalue weighted by atomic mass is 16.6. The van der Waals surface area contributed by atoms with Gasteiger partial charge in [-0.25, -0.2) is 9.78 Å². The number of nitrogens with one attached hydrogen (secondary N) is 1. The van der Waals surface area contributed by atoms with Crippen molar-refractivity contribution in [1.29, 1.82) is 0 Å². The van der Waals surface area contributed by atoms with Crippen LogP contribution in [0, 0.1) is 0 Å². The molecule has 0 aromatic carbocycles. The fourth-order valence-corrected chi connectivity index (χ4v) is 2.33. The van der Waals surface area contributed by atoms with Crippen LogP contribution in [-0.2, 0) is 4.74 Å². The average molecular weight is 293 g/mol. The van der Waals surface area contributed by atoms with Gasteiger partial charge >= 0.3 is 6.09 Å². The van der Waals surface area contributed by atoms with Gasteiger partial charge in [-0.3, -0.25) is 0 Å². The maximum Gasteiger partial charge on any atom is 0.408 e. The smallest absolute Gasteiger partial charge is 0.408 e. The number of carbonyl (C=O) groups is 1. The monoisotopic (exact) mass is 293 g/mol. The van der Waals surface area contributed by atoms with Crippen molar-refractivity contribution in [1.82, 2.24) is 10.3 Å². The lowest BCUT2D eigenvalue weighted by molar-refractivity contribution is 0.0464. The quantitative estimate of drug-likeness (QED) is 0.894. The van der Waals surface area contributed by atoms with Crippen molar-refractivity contribution in [3.8, 4) is 5.75 Å². The Morgan fingerprint density at radius 3 is 2.76 bits per heavy atom. The molecule has 1 aliphatic rings. The van der Waals surface area contributed by atoms with E-state index >= 15 is 0 Å². The molecule has 1 fully saturated rings. The Kier molecular flexibility index (Phi) is 4.55. The van der Waals surface area contributed by atoms with Crippen molar-refractivity contribution in [2.75, 3.05) is 5.73 Å². The van der Waals surface area contributed by atoms with Gasteiger partial charge in [0.15, 0.2) is 0 Å². The second-order valence-electron chi connectivity index (χ2n) is 6.26. The van der Waals surface area contributed by atoms with Crippen LogP contribution in [0.1, 0.15) is 40.0 Å². The first-order valence-corrected chi connectivity index (χ1v) is 7.21. The molecule has 0 unspecified atom stereocenters. The molecule has 2 atom stereocenters. The van der Waals surface area contributed by atoms with E-state index in [1.807, 2.05) is 20.8 Å². The number of rotatable bonds is 3. The third-order valence-electron chi connectivity index (χ3n) is 3.20. The molecule has 0 aliphatic heterocycles. The highest BCUT2D eigenvalue weighted by molar-refractivity contribution is 5.68. The fraction of sp³-hybridized carbons (Fsp3) is 0.600. The summed E-state index contributed by atoms with van der Waals surface area (Å²) in [6.07, 6.45) is 3.91. The number of aromatic nitrogens is 1. The van der Waals surface area contributed by atoms with Gasteiger partial charge in [0, 0.05) is 0 Å². The Morgan fingerprint density at radius 2 is 2.14 bits per heavy atom. The van der Waals surface area contributed by atoms with Gasteiger partial charge in [0.1, 0.15) is 23.3 Å². The molecular weight excluding hydrogens is 270 g/mol. The highest BCUT2D eigenvalue weighted by Crippen LogP contribution is 2.25. The molecule has 2 rings (SSSR count). The molecule has 1 aromatic rings. The number of pyridine rings is 1. The van der Waals surface area contributed by atoms with E-state index < -0.39 is 11.7 Å². The number of amides is 1. The molecule has 1 aromatic heterocycles. The van der Waals surface area contributed by atoms with E-state index in [0.717, 1.165) is 19.3 Å². The molecule has 0 saturated heterocycles. The van der Waals surface area contributed by atoms with E-state index in [2.05, 4.69) is 10.3 Å². The zero-order valence-electron chi connectivity index (χ0n) is 12.8. The molecular formula is C15H23N3O3. The number of nitrogens with two attached hydrogens (primary N) is 1. The molecule has 6 nitrogen and oxygen atoms in total. The Bertz CT molecular complexity index is 482. The molecule has 116 valence electrons. The van der Waals surface area contributed by atoms with Gasteiger partial charge in [0.25, 0.3) is 0 Å². The van der Waals surface area contributed by atoms with Crippen molar-refractivity contribution in [2.24, 2.45) is 0 Å². The van der Waals surface area contributed by atoms with Crippen LogP contribution in [0.5, 0.6) is 5.75 Å². The Labute approximate surface area is 125 Å². The number of hydrogen-bond donors (Lipinski definition) is 2. The summed E-state index contributed by atoms with van der Waals surface area (Å²) in [7, 11) is 0. The van der Waals surface area contributed by atoms with E-state index in [0.29, 0.717) is 11.6 Å². The molecule has 1 amide bonds. The molecule has 1 heterocycles. The Morgan fingerprint density at radius 1 is 1.38 bits per heavy atom. The number of alkyl carbamates (subject to hydrolysis) is 1. The summed E-state index contributed by atoms with van der Waals surface area (Å²) in [5.74, 6) is 1.12. The van der Waals surface area contributed by atoms with Crippen molar-refractivity contribution < 1.29 is 14.3 Å². The van der Waals surface area contributed by atoms with Gasteiger partial charge in [0.05, 0.1) is 12.2 Å². The van der Waals surface area contributed by atoms with E-state index in [4.69, 9.17) is 15.2 Å². The number of hydrogen-bond acceptors (Lipinski definition) is 5. The molecule has 1 saturated carbocycles. The third-order valence-corrected chi connectivity index (χ3v) is 3.20. The van der Waals surface area contributed by atoms with Crippen LogP contribution >= 0.6 is 0 Å². The maximum atomic E-state index is 11.8. The van der Waals surface area contributed by atoms with E-state index in [1.165, 1.54) is 0 Å². The van der Waals surface area contributed by atoms with E-state index in [1.54, 1.807) is 18.3 Å². The normalized spacial score (nSPS) is 21.9. The number of nitrogens with zero attached hydrogens (tertiary/aromatic N) is 1. The predicted octanol–water partition coefficient (Wildman–Crippen LogP) is 2.49. The predicted molar refractivity (Wildman–Crippen MR) is 80.1 cm³/mol. The second-order valence-corrected chi connectivity index (χ2v) is 6.26. The van der Waals surface area contributed by atoms with Crippen molar-refractivity contribution >= 4 is 11.9 Å². The van der Waals surface area contributed by atoms with E-state index in [9.17, 15) is 4.79 Å². The lowest BCUT2D eigenvalue weighted by Crippen LogP contribution is -2.44. The molecule has 3 N–H and O–H groups in total. The van der Waals surface area contributed by atoms with Gasteiger partial charge in [0.2, 0.25) is 0 Å². The van der Waals surface area contributed by atoms with Crippen LogP contribution in [0.25, 0.3) is 0 Å². The maximum absolute atomic E-state index is 11.8. The van der Waals surface area contributed by atoms with Gasteiger partial charge in [-0.05, 0) is 52.2 Å². The summed E-state index contributed by atoms with van der Waals surface area (Å²) in [5.41, 5.74) is 5.05. The first kappa shape index (κ1) is 15.4. The number of anilines is 1. The van der Waals surface area contributed by atoms with Crippen LogP contribution in [0.3, 0.4) is 0 Å². The third kappa shape index (κ3) is 4.81. The van der Waals surface area contributed by atoms with Crippen molar-refractivity contribution in [2.45, 2.75) is 57.8 Å². The SMILES string of the molecule is CC(C)(C)OC(=O)N[C@@H]1CCC[C@H]1Oc1ccc(N)nc1. The van der Waals surface area contributed by atoms with Gasteiger partial charge < -0.3 is 20.5 Å². The minimum absolute atomic E-state index is 0.0441. The van der Waals surface area contributed by atoms with Gasteiger partial charge in [-0.15, -0.1) is 0 Å². The minimum atomic E-state index is -0.500. The summed E-state index contributed by atoms with van der Waals surface area (Å²) in [6.45, 7) is 5.53. The highest BCUT2D eigenvalue weighted by Gasteiger charge is 2.31. The van der Waals surface area contributed by atoms with Crippen molar-refractivity contribution in [3.05, 3.63) is 18.3 Å². The average Bonchev–Trinajstić information content (AvgIpc) is 2.77. The Balaban J connectivity index is 1.91. The summed E-state index contributed by atoms with van der Waals surface area (Å²) in [4.78, 5) is 15.8. The molecule has 0 radical (unpaired) electrons. The first-order valence-electron chi connectivity index (χ1n) is 7.21. The minimum Gasteiger partial charge on any atom is -0.487 e. The van der Waals surface area contributed by atoms with Crippen molar-refractivity contribution in [3.63, 3.8) is 0 Å². The number of ether oxygens (including phenoxy) is 2. The summed E-state index contributed by atoms with van der Waals surface area (Å²) < 4.78 is 11.2. The van der Waals surface area contributed by atoms with Gasteiger partial charge in [-0.1, -0.05) is 0 Å². The second kappa shape index (κ2) is 6.20.